The van der Waals surface area contributed by atoms with Gasteiger partial charge >= 0.3 is 0 Å². The number of carbonyl (C=O) groups is 1. The number of nitriles is 1. The molecule has 1 unspecified atom stereocenters. The summed E-state index contributed by atoms with van der Waals surface area (Å²) >= 11 is 1.56. The molecule has 0 bridgehead atoms. The zero-order valence-electron chi connectivity index (χ0n) is 19.0. The molecule has 1 saturated carbocycles. The van der Waals surface area contributed by atoms with Crippen LogP contribution in [0.4, 0.5) is 5.69 Å². The van der Waals surface area contributed by atoms with Crippen LogP contribution in [0, 0.1) is 17.2 Å². The summed E-state index contributed by atoms with van der Waals surface area (Å²) in [5.74, 6) is 1.58. The molecule has 0 spiro atoms. The predicted octanol–water partition coefficient (Wildman–Crippen LogP) is 5.49. The fraction of sp³-hybridized carbons (Fsp3) is 0.385. The van der Waals surface area contributed by atoms with E-state index in [-0.39, 0.29) is 24.1 Å². The van der Waals surface area contributed by atoms with Crippen molar-refractivity contribution < 1.29 is 14.3 Å². The second-order valence-electron chi connectivity index (χ2n) is 8.39. The largest absolute Gasteiger partial charge is 0.493 e. The van der Waals surface area contributed by atoms with E-state index in [0.29, 0.717) is 22.3 Å². The first-order chi connectivity index (χ1) is 16.1. The number of hydrogen-bond acceptors (Lipinski definition) is 6. The molecule has 1 saturated heterocycles. The predicted molar refractivity (Wildman–Crippen MR) is 132 cm³/mol. The highest BCUT2D eigenvalue weighted by molar-refractivity contribution is 8.05. The van der Waals surface area contributed by atoms with Crippen LogP contribution in [0.25, 0.3) is 6.08 Å². The molecule has 6 nitrogen and oxygen atoms in total. The summed E-state index contributed by atoms with van der Waals surface area (Å²) < 4.78 is 10.8. The van der Waals surface area contributed by atoms with Crippen molar-refractivity contribution in [1.29, 1.82) is 5.26 Å². The van der Waals surface area contributed by atoms with E-state index in [1.54, 1.807) is 24.9 Å². The maximum Gasteiger partial charge on any atom is 0.262 e. The molecule has 0 aromatic heterocycles. The van der Waals surface area contributed by atoms with E-state index in [4.69, 9.17) is 14.7 Å². The normalized spacial score (nSPS) is 23.9. The highest BCUT2D eigenvalue weighted by Crippen LogP contribution is 2.42. The van der Waals surface area contributed by atoms with Crippen LogP contribution in [0.3, 0.4) is 0 Å². The summed E-state index contributed by atoms with van der Waals surface area (Å²) in [6.45, 7) is 2.21. The molecule has 7 heteroatoms. The van der Waals surface area contributed by atoms with Gasteiger partial charge in [-0.25, -0.2) is 0 Å². The third-order valence-corrected chi connectivity index (χ3v) is 7.32. The lowest BCUT2D eigenvalue weighted by atomic mass is 9.85. The number of anilines is 1. The molecule has 1 N–H and O–H groups in total. The van der Waals surface area contributed by atoms with Gasteiger partial charge in [0.25, 0.3) is 5.91 Å². The van der Waals surface area contributed by atoms with Crippen molar-refractivity contribution in [3.05, 3.63) is 59.0 Å². The van der Waals surface area contributed by atoms with E-state index in [0.717, 1.165) is 30.5 Å². The Bertz CT molecular complexity index is 1050. The monoisotopic (exact) mass is 463 g/mol. The lowest BCUT2D eigenvalue weighted by molar-refractivity contribution is -0.129. The number of hydrogen-bond donors (Lipinski definition) is 1. The van der Waals surface area contributed by atoms with E-state index in [2.05, 4.69) is 17.1 Å². The summed E-state index contributed by atoms with van der Waals surface area (Å²) in [7, 11) is 1.56. The molecule has 0 radical (unpaired) electrons. The molecule has 1 amide bonds. The molecule has 33 heavy (non-hydrogen) atoms. The fourth-order valence-electron chi connectivity index (χ4n) is 4.52. The third kappa shape index (κ3) is 5.28. The van der Waals surface area contributed by atoms with Gasteiger partial charge in [-0.15, -0.1) is 0 Å². The molecular weight excluding hydrogens is 434 g/mol. The van der Waals surface area contributed by atoms with Gasteiger partial charge in [0.15, 0.2) is 23.6 Å². The van der Waals surface area contributed by atoms with Gasteiger partial charge in [0, 0.05) is 11.7 Å². The number of para-hydroxylation sites is 1. The fourth-order valence-corrected chi connectivity index (χ4v) is 5.73. The number of ether oxygens (including phenoxy) is 2. The molecule has 2 aromatic carbocycles. The van der Waals surface area contributed by atoms with Crippen LogP contribution in [0.15, 0.2) is 53.4 Å². The second-order valence-corrected chi connectivity index (χ2v) is 9.51. The van der Waals surface area contributed by atoms with E-state index < -0.39 is 0 Å². The Morgan fingerprint density at radius 3 is 2.70 bits per heavy atom. The van der Waals surface area contributed by atoms with Crippen LogP contribution in [0.1, 0.15) is 38.2 Å². The van der Waals surface area contributed by atoms with E-state index in [1.807, 2.05) is 54.6 Å². The van der Waals surface area contributed by atoms with Gasteiger partial charge in [-0.3, -0.25) is 4.79 Å². The molecule has 1 heterocycles. The number of carbonyl (C=O) groups excluding carboxylic acids is 1. The van der Waals surface area contributed by atoms with Gasteiger partial charge in [-0.1, -0.05) is 55.8 Å². The number of nitrogens with one attached hydrogen (secondary N) is 1. The van der Waals surface area contributed by atoms with Crippen LogP contribution in [-0.2, 0) is 4.79 Å². The van der Waals surface area contributed by atoms with Gasteiger partial charge in [0.05, 0.1) is 12.0 Å². The van der Waals surface area contributed by atoms with Crippen LogP contribution < -0.4 is 14.8 Å². The Morgan fingerprint density at radius 1 is 1.18 bits per heavy atom. The number of amides is 1. The first-order valence-corrected chi connectivity index (χ1v) is 12.2. The summed E-state index contributed by atoms with van der Waals surface area (Å²) in [6, 6.07) is 17.7. The van der Waals surface area contributed by atoms with E-state index in [9.17, 15) is 4.79 Å². The molecule has 2 aliphatic rings. The second kappa shape index (κ2) is 10.7. The van der Waals surface area contributed by atoms with Crippen molar-refractivity contribution in [2.45, 2.75) is 44.1 Å². The van der Waals surface area contributed by atoms with Crippen LogP contribution >= 0.6 is 11.8 Å². The molecule has 2 aromatic rings. The molecule has 3 atom stereocenters. The number of thioether (sulfide) groups is 1. The van der Waals surface area contributed by atoms with E-state index in [1.165, 1.54) is 6.42 Å². The minimum absolute atomic E-state index is 0.0491. The third-order valence-electron chi connectivity index (χ3n) is 6.20. The van der Waals surface area contributed by atoms with Gasteiger partial charge in [0.1, 0.15) is 6.07 Å². The van der Waals surface area contributed by atoms with Crippen molar-refractivity contribution in [3.63, 3.8) is 0 Å². The van der Waals surface area contributed by atoms with E-state index >= 15 is 0 Å². The molecule has 172 valence electrons. The molecule has 1 aliphatic carbocycles. The maximum absolute atomic E-state index is 13.6. The first kappa shape index (κ1) is 23.1. The van der Waals surface area contributed by atoms with Crippen LogP contribution in [-0.4, -0.2) is 36.1 Å². The highest BCUT2D eigenvalue weighted by Gasteiger charge is 2.42. The van der Waals surface area contributed by atoms with Gasteiger partial charge in [-0.2, -0.15) is 5.26 Å². The van der Waals surface area contributed by atoms with Crippen molar-refractivity contribution in [2.24, 2.45) is 5.92 Å². The minimum atomic E-state index is -0.156. The van der Waals surface area contributed by atoms with Crippen molar-refractivity contribution in [1.82, 2.24) is 4.90 Å². The average molecular weight is 464 g/mol. The Morgan fingerprint density at radius 2 is 1.97 bits per heavy atom. The number of benzene rings is 2. The van der Waals surface area contributed by atoms with Crippen molar-refractivity contribution in [3.8, 4) is 17.6 Å². The lowest BCUT2D eigenvalue weighted by Gasteiger charge is -2.39. The zero-order valence-corrected chi connectivity index (χ0v) is 19.8. The first-order valence-electron chi connectivity index (χ1n) is 11.3. The summed E-state index contributed by atoms with van der Waals surface area (Å²) in [5, 5.41) is 12.3. The van der Waals surface area contributed by atoms with Crippen molar-refractivity contribution >= 4 is 29.4 Å². The smallest absolute Gasteiger partial charge is 0.262 e. The Balaban J connectivity index is 1.62. The molecule has 4 rings (SSSR count). The summed E-state index contributed by atoms with van der Waals surface area (Å²) in [6.07, 6.45) is 6.48. The number of nitrogens with zero attached hydrogens (tertiary/aromatic N) is 2. The Hall–Kier alpha value is -3.11. The minimum Gasteiger partial charge on any atom is -0.493 e. The summed E-state index contributed by atoms with van der Waals surface area (Å²) in [5.41, 5.74) is 1.69. The molecular formula is C26H29N3O3S. The SMILES string of the molecule is COc1cc(/C=C2\SC(Nc3ccccc3)N([C@@H]3CCCC[C@H]3C)C2=O)ccc1OCC#N. The standard InChI is InChI=1S/C26H29N3O3S/c1-18-8-6-7-11-21(18)29-25(30)24(33-26(29)28-20-9-4-3-5-10-20)17-19-12-13-22(32-15-14-27)23(16-19)31-2/h3-5,9-10,12-13,16-18,21,26,28H,6-8,11,15H2,1-2H3/b24-17-/t18-,21-,26?/m1/s1. The van der Waals surface area contributed by atoms with Crippen LogP contribution in [0.2, 0.25) is 0 Å². The quantitative estimate of drug-likeness (QED) is 0.548. The number of rotatable bonds is 7. The molecule has 1 aliphatic heterocycles. The summed E-state index contributed by atoms with van der Waals surface area (Å²) in [4.78, 5) is 16.4. The number of methoxy groups -OCH3 is 1. The van der Waals surface area contributed by atoms with Gasteiger partial charge < -0.3 is 19.7 Å². The Kier molecular flexibility index (Phi) is 7.46. The van der Waals surface area contributed by atoms with Crippen molar-refractivity contribution in [2.75, 3.05) is 19.0 Å². The zero-order chi connectivity index (χ0) is 23.2. The average Bonchev–Trinajstić information content (AvgIpc) is 3.13. The maximum atomic E-state index is 13.6. The Labute approximate surface area is 199 Å². The van der Waals surface area contributed by atoms with Gasteiger partial charge in [0.2, 0.25) is 0 Å². The van der Waals surface area contributed by atoms with Crippen LogP contribution in [0.5, 0.6) is 11.5 Å². The highest BCUT2D eigenvalue weighted by atomic mass is 32.2. The van der Waals surface area contributed by atoms with Gasteiger partial charge in [-0.05, 0) is 54.7 Å². The molecule has 2 fully saturated rings. The topological polar surface area (TPSA) is 74.6 Å². The lowest BCUT2D eigenvalue weighted by Crippen LogP contribution is -2.48.